The van der Waals surface area contributed by atoms with Crippen LogP contribution in [0.4, 0.5) is 0 Å². The summed E-state index contributed by atoms with van der Waals surface area (Å²) in [5.74, 6) is -2.21. The molecule has 0 saturated heterocycles. The van der Waals surface area contributed by atoms with Crippen LogP contribution < -0.4 is 0 Å². The number of carbonyl (C=O) groups is 3. The van der Waals surface area contributed by atoms with Crippen molar-refractivity contribution in [3.05, 3.63) is 144 Å². The number of rotatable bonds is 15. The zero-order valence-corrected chi connectivity index (χ0v) is 25.3. The molecule has 0 N–H and O–H groups in total. The molecule has 4 rings (SSSR count). The Hall–Kier alpha value is -4.83. The van der Waals surface area contributed by atoms with Crippen LogP contribution in [0.1, 0.15) is 46.7 Å². The topological polar surface area (TPSA) is 107 Å². The number of esters is 3. The van der Waals surface area contributed by atoms with Gasteiger partial charge in [-0.3, -0.25) is 0 Å². The molecule has 0 unspecified atom stereocenters. The quantitative estimate of drug-likeness (QED) is 0.120. The molecule has 0 radical (unpaired) electrons. The summed E-state index contributed by atoms with van der Waals surface area (Å²) in [4.78, 5) is 40.5. The average molecular weight is 613 g/mol. The summed E-state index contributed by atoms with van der Waals surface area (Å²) in [6.07, 6.45) is -5.67. The van der Waals surface area contributed by atoms with Crippen molar-refractivity contribution in [1.29, 1.82) is 0 Å². The minimum Gasteiger partial charge on any atom is -0.459 e. The average Bonchev–Trinajstić information content (AvgIpc) is 3.08. The first-order valence-corrected chi connectivity index (χ1v) is 14.3. The van der Waals surface area contributed by atoms with Crippen molar-refractivity contribution in [2.24, 2.45) is 0 Å². The smallest absolute Gasteiger partial charge is 0.340 e. The molecule has 0 aromatic heterocycles. The fourth-order valence-electron chi connectivity index (χ4n) is 4.81. The summed E-state index contributed by atoms with van der Waals surface area (Å²) in [6.45, 7) is -0.460. The molecule has 0 fully saturated rings. The lowest BCUT2D eigenvalue weighted by atomic mass is 10.0. The van der Waals surface area contributed by atoms with Crippen LogP contribution in [0.3, 0.4) is 0 Å². The first kappa shape index (κ1) is 33.1. The van der Waals surface area contributed by atoms with E-state index in [2.05, 4.69) is 0 Å². The maximum Gasteiger partial charge on any atom is 0.340 e. The maximum absolute atomic E-state index is 13.6. The maximum atomic E-state index is 13.6. The standard InChI is InChI=1S/C36H36O9/c1-40-31(26-18-10-5-11-19-26)34(37)43-24-29(44-35(38)32(41-2)27-20-12-6-13-21-27)30(25-16-8-4-9-17-25)45-36(39)33(42-3)28-22-14-7-15-23-28/h4-23,29-33H,24H2,1-3H3/t29-,30-,31+,32+,33+/m1/s1. The van der Waals surface area contributed by atoms with Gasteiger partial charge in [0.2, 0.25) is 0 Å². The molecule has 0 aliphatic carbocycles. The highest BCUT2D eigenvalue weighted by atomic mass is 16.6. The molecule has 234 valence electrons. The molecule has 0 heterocycles. The molecule has 0 bridgehead atoms. The van der Waals surface area contributed by atoms with Gasteiger partial charge in [-0.05, 0) is 22.3 Å². The largest absolute Gasteiger partial charge is 0.459 e. The predicted octanol–water partition coefficient (Wildman–Crippen LogP) is 5.89. The molecule has 4 aromatic rings. The molecule has 9 heteroatoms. The van der Waals surface area contributed by atoms with E-state index in [1.165, 1.54) is 21.3 Å². The molecule has 9 nitrogen and oxygen atoms in total. The lowest BCUT2D eigenvalue weighted by Gasteiger charge is -2.30. The Morgan fingerprint density at radius 2 is 0.800 bits per heavy atom. The number of hydrogen-bond donors (Lipinski definition) is 0. The normalized spacial score (nSPS) is 14.3. The Kier molecular flexibility index (Phi) is 12.4. The highest BCUT2D eigenvalue weighted by molar-refractivity contribution is 5.78. The van der Waals surface area contributed by atoms with E-state index >= 15 is 0 Å². The number of ether oxygens (including phenoxy) is 6. The van der Waals surface area contributed by atoms with Crippen LogP contribution in [0.5, 0.6) is 0 Å². The molecule has 0 aliphatic heterocycles. The van der Waals surface area contributed by atoms with Crippen molar-refractivity contribution in [2.45, 2.75) is 30.5 Å². The van der Waals surface area contributed by atoms with Gasteiger partial charge >= 0.3 is 17.9 Å². The lowest BCUT2D eigenvalue weighted by Crippen LogP contribution is -2.37. The lowest BCUT2D eigenvalue weighted by molar-refractivity contribution is -0.189. The summed E-state index contributed by atoms with van der Waals surface area (Å²) in [7, 11) is 4.17. The molecular weight excluding hydrogens is 576 g/mol. The summed E-state index contributed by atoms with van der Waals surface area (Å²) in [6, 6.07) is 35.2. The second-order valence-corrected chi connectivity index (χ2v) is 9.95. The Bertz CT molecular complexity index is 1480. The van der Waals surface area contributed by atoms with Gasteiger partial charge in [-0.25, -0.2) is 14.4 Å². The van der Waals surface area contributed by atoms with E-state index in [4.69, 9.17) is 28.4 Å². The number of methoxy groups -OCH3 is 3. The van der Waals surface area contributed by atoms with E-state index in [9.17, 15) is 14.4 Å². The van der Waals surface area contributed by atoms with E-state index < -0.39 is 55.0 Å². The predicted molar refractivity (Wildman–Crippen MR) is 165 cm³/mol. The van der Waals surface area contributed by atoms with Crippen molar-refractivity contribution in [2.75, 3.05) is 27.9 Å². The van der Waals surface area contributed by atoms with Gasteiger partial charge in [-0.2, -0.15) is 0 Å². The zero-order valence-electron chi connectivity index (χ0n) is 25.3. The monoisotopic (exact) mass is 612 g/mol. The summed E-state index contributed by atoms with van der Waals surface area (Å²) >= 11 is 0. The van der Waals surface area contributed by atoms with E-state index in [0.717, 1.165) is 0 Å². The van der Waals surface area contributed by atoms with Gasteiger partial charge in [0, 0.05) is 21.3 Å². The van der Waals surface area contributed by atoms with Crippen LogP contribution in [0, 0.1) is 0 Å². The van der Waals surface area contributed by atoms with Gasteiger partial charge in [0.25, 0.3) is 0 Å². The first-order chi connectivity index (χ1) is 22.0. The van der Waals surface area contributed by atoms with Crippen LogP contribution in [0.2, 0.25) is 0 Å². The van der Waals surface area contributed by atoms with E-state index in [1.54, 1.807) is 103 Å². The molecule has 0 aliphatic rings. The number of hydrogen-bond acceptors (Lipinski definition) is 9. The van der Waals surface area contributed by atoms with Crippen LogP contribution in [-0.2, 0) is 42.8 Å². The molecule has 4 aromatic carbocycles. The number of benzene rings is 4. The van der Waals surface area contributed by atoms with Crippen molar-refractivity contribution >= 4 is 17.9 Å². The molecular formula is C36H36O9. The fourth-order valence-corrected chi connectivity index (χ4v) is 4.81. The SMILES string of the molecule is CO[C@H](C(=O)OC[C@@H](OC(=O)[C@@H](OC)c1ccccc1)[C@H](OC(=O)[C@@H](OC)c1ccccc1)c1ccccc1)c1ccccc1. The van der Waals surface area contributed by atoms with Crippen molar-refractivity contribution < 1.29 is 42.8 Å². The molecule has 45 heavy (non-hydrogen) atoms. The van der Waals surface area contributed by atoms with E-state index in [-0.39, 0.29) is 0 Å². The van der Waals surface area contributed by atoms with Gasteiger partial charge in [-0.15, -0.1) is 0 Å². The summed E-state index contributed by atoms with van der Waals surface area (Å²) < 4.78 is 34.1. The van der Waals surface area contributed by atoms with Crippen LogP contribution in [-0.4, -0.2) is 51.9 Å². The Morgan fingerprint density at radius 1 is 0.467 bits per heavy atom. The summed E-state index contributed by atoms with van der Waals surface area (Å²) in [5.41, 5.74) is 2.22. The van der Waals surface area contributed by atoms with Crippen LogP contribution in [0.25, 0.3) is 0 Å². The second kappa shape index (κ2) is 16.9. The summed E-state index contributed by atoms with van der Waals surface area (Å²) in [5, 5.41) is 0. The third-order valence-corrected chi connectivity index (χ3v) is 7.02. The molecule has 0 saturated carbocycles. The number of carbonyl (C=O) groups excluding carboxylic acids is 3. The third-order valence-electron chi connectivity index (χ3n) is 7.02. The van der Waals surface area contributed by atoms with E-state index in [0.29, 0.717) is 22.3 Å². The highest BCUT2D eigenvalue weighted by Crippen LogP contribution is 2.30. The second-order valence-electron chi connectivity index (χ2n) is 9.95. The fraction of sp³-hybridized carbons (Fsp3) is 0.250. The molecule has 0 amide bonds. The van der Waals surface area contributed by atoms with Crippen molar-refractivity contribution in [1.82, 2.24) is 0 Å². The highest BCUT2D eigenvalue weighted by Gasteiger charge is 2.37. The van der Waals surface area contributed by atoms with Gasteiger partial charge in [0.1, 0.15) is 6.61 Å². The van der Waals surface area contributed by atoms with Crippen LogP contribution in [0.15, 0.2) is 121 Å². The minimum atomic E-state index is -1.28. The minimum absolute atomic E-state index is 0.460. The Morgan fingerprint density at radius 3 is 1.18 bits per heavy atom. The van der Waals surface area contributed by atoms with Gasteiger partial charge in [0.05, 0.1) is 0 Å². The van der Waals surface area contributed by atoms with Crippen molar-refractivity contribution in [3.8, 4) is 0 Å². The van der Waals surface area contributed by atoms with Gasteiger partial charge in [0.15, 0.2) is 30.5 Å². The Balaban J connectivity index is 1.67. The molecule has 5 atom stereocenters. The van der Waals surface area contributed by atoms with E-state index in [1.807, 2.05) is 18.2 Å². The first-order valence-electron chi connectivity index (χ1n) is 14.3. The van der Waals surface area contributed by atoms with Gasteiger partial charge < -0.3 is 28.4 Å². The Labute approximate surface area is 262 Å². The molecule has 0 spiro atoms. The van der Waals surface area contributed by atoms with Crippen LogP contribution >= 0.6 is 0 Å². The van der Waals surface area contributed by atoms with Gasteiger partial charge in [-0.1, -0.05) is 121 Å². The zero-order chi connectivity index (χ0) is 32.0. The van der Waals surface area contributed by atoms with Crippen molar-refractivity contribution in [3.63, 3.8) is 0 Å². The third kappa shape index (κ3) is 8.86.